The van der Waals surface area contributed by atoms with Crippen molar-refractivity contribution in [1.29, 1.82) is 0 Å². The largest absolute Gasteiger partial charge is 0.356 e. The number of guanidine groups is 1. The van der Waals surface area contributed by atoms with Gasteiger partial charge in [0.2, 0.25) is 0 Å². The summed E-state index contributed by atoms with van der Waals surface area (Å²) in [5, 5.41) is 7.81. The van der Waals surface area contributed by atoms with E-state index in [1.165, 1.54) is 17.5 Å². The van der Waals surface area contributed by atoms with Crippen molar-refractivity contribution in [3.63, 3.8) is 0 Å². The quantitative estimate of drug-likeness (QED) is 0.259. The molecule has 2 aromatic rings. The molecular weight excluding hydrogens is 517 g/mol. The Balaban J connectivity index is 0.00000261. The minimum Gasteiger partial charge on any atom is -0.356 e. The Kier molecular flexibility index (Phi) is 9.08. The SMILES string of the molecule is CN=C(NCCCc1cccc(Br)c1)N1CCC(Cc2cnn(C)c2)C1.I. The van der Waals surface area contributed by atoms with Gasteiger partial charge in [0, 0.05) is 44.4 Å². The van der Waals surface area contributed by atoms with Gasteiger partial charge in [0.25, 0.3) is 0 Å². The minimum absolute atomic E-state index is 0. The summed E-state index contributed by atoms with van der Waals surface area (Å²) in [5.41, 5.74) is 2.70. The number of rotatable bonds is 6. The molecule has 0 amide bonds. The molecule has 1 fully saturated rings. The standard InChI is InChI=1S/C20H28BrN5.HI/c1-22-20(23-9-4-6-16-5-3-7-19(21)12-16)26-10-8-17(15-26)11-18-13-24-25(2)14-18;/h3,5,7,12-14,17H,4,6,8-11,15H2,1-2H3,(H,22,23);1H. The Morgan fingerprint density at radius 3 is 2.93 bits per heavy atom. The third-order valence-corrected chi connectivity index (χ3v) is 5.39. The number of aliphatic imine (C=N–C) groups is 1. The van der Waals surface area contributed by atoms with Gasteiger partial charge in [-0.3, -0.25) is 9.67 Å². The van der Waals surface area contributed by atoms with E-state index in [4.69, 9.17) is 0 Å². The average molecular weight is 546 g/mol. The smallest absolute Gasteiger partial charge is 0.193 e. The van der Waals surface area contributed by atoms with E-state index in [0.29, 0.717) is 5.92 Å². The van der Waals surface area contributed by atoms with Crippen LogP contribution in [0.3, 0.4) is 0 Å². The van der Waals surface area contributed by atoms with Gasteiger partial charge in [0.15, 0.2) is 5.96 Å². The van der Waals surface area contributed by atoms with Crippen LogP contribution in [0.2, 0.25) is 0 Å². The second-order valence-electron chi connectivity index (χ2n) is 7.03. The van der Waals surface area contributed by atoms with Crippen LogP contribution in [0, 0.1) is 5.92 Å². The summed E-state index contributed by atoms with van der Waals surface area (Å²) in [6, 6.07) is 8.54. The fraction of sp³-hybridized carbons (Fsp3) is 0.500. The van der Waals surface area contributed by atoms with E-state index in [9.17, 15) is 0 Å². The fourth-order valence-electron chi connectivity index (χ4n) is 3.62. The maximum Gasteiger partial charge on any atom is 0.193 e. The van der Waals surface area contributed by atoms with Crippen LogP contribution < -0.4 is 5.32 Å². The zero-order valence-corrected chi connectivity index (χ0v) is 20.0. The van der Waals surface area contributed by atoms with E-state index in [0.717, 1.165) is 49.3 Å². The van der Waals surface area contributed by atoms with Crippen molar-refractivity contribution < 1.29 is 0 Å². The van der Waals surface area contributed by atoms with Gasteiger partial charge in [-0.05, 0) is 54.9 Å². The molecule has 1 aromatic heterocycles. The summed E-state index contributed by atoms with van der Waals surface area (Å²) in [6.45, 7) is 3.10. The van der Waals surface area contributed by atoms with Crippen LogP contribution in [-0.2, 0) is 19.9 Å². The highest BCUT2D eigenvalue weighted by Gasteiger charge is 2.25. The molecule has 1 N–H and O–H groups in total. The lowest BCUT2D eigenvalue weighted by atomic mass is 10.0. The Morgan fingerprint density at radius 1 is 1.37 bits per heavy atom. The van der Waals surface area contributed by atoms with Gasteiger partial charge in [-0.25, -0.2) is 0 Å². The predicted octanol–water partition coefficient (Wildman–Crippen LogP) is 3.87. The lowest BCUT2D eigenvalue weighted by Crippen LogP contribution is -2.40. The summed E-state index contributed by atoms with van der Waals surface area (Å²) in [6.07, 6.45) is 8.60. The fourth-order valence-corrected chi connectivity index (χ4v) is 4.07. The van der Waals surface area contributed by atoms with E-state index in [-0.39, 0.29) is 24.0 Å². The number of aryl methyl sites for hydroxylation is 2. The molecule has 7 heteroatoms. The van der Waals surface area contributed by atoms with Crippen LogP contribution in [0.25, 0.3) is 0 Å². The zero-order chi connectivity index (χ0) is 18.4. The van der Waals surface area contributed by atoms with Crippen LogP contribution >= 0.6 is 39.9 Å². The van der Waals surface area contributed by atoms with Gasteiger partial charge in [-0.2, -0.15) is 5.10 Å². The molecule has 1 unspecified atom stereocenters. The Labute approximate surface area is 187 Å². The normalized spacial score (nSPS) is 17.1. The number of benzene rings is 1. The van der Waals surface area contributed by atoms with Crippen molar-refractivity contribution in [2.75, 3.05) is 26.7 Å². The first-order valence-electron chi connectivity index (χ1n) is 9.31. The molecule has 0 aliphatic carbocycles. The molecule has 3 rings (SSSR count). The van der Waals surface area contributed by atoms with E-state index >= 15 is 0 Å². The van der Waals surface area contributed by atoms with Crippen LogP contribution in [-0.4, -0.2) is 47.3 Å². The molecule has 1 aliphatic heterocycles. The number of aromatic nitrogens is 2. The molecule has 5 nitrogen and oxygen atoms in total. The summed E-state index contributed by atoms with van der Waals surface area (Å²) in [7, 11) is 3.86. The molecule has 0 bridgehead atoms. The number of hydrogen-bond donors (Lipinski definition) is 1. The van der Waals surface area contributed by atoms with Crippen molar-refractivity contribution in [2.45, 2.75) is 25.7 Å². The maximum atomic E-state index is 4.48. The molecule has 1 atom stereocenters. The number of halogens is 2. The number of nitrogens with zero attached hydrogens (tertiary/aromatic N) is 4. The third kappa shape index (κ3) is 6.78. The first kappa shape index (κ1) is 22.2. The van der Waals surface area contributed by atoms with Crippen LogP contribution in [0.1, 0.15) is 24.0 Å². The summed E-state index contributed by atoms with van der Waals surface area (Å²) in [5.74, 6) is 1.72. The minimum atomic E-state index is 0. The summed E-state index contributed by atoms with van der Waals surface area (Å²) >= 11 is 3.53. The first-order valence-corrected chi connectivity index (χ1v) is 10.1. The highest BCUT2D eigenvalue weighted by atomic mass is 127. The molecule has 2 heterocycles. The van der Waals surface area contributed by atoms with Gasteiger partial charge in [0.1, 0.15) is 0 Å². The molecule has 1 aliphatic rings. The molecule has 148 valence electrons. The average Bonchev–Trinajstić information content (AvgIpc) is 3.24. The topological polar surface area (TPSA) is 45.5 Å². The van der Waals surface area contributed by atoms with Crippen molar-refractivity contribution in [1.82, 2.24) is 20.0 Å². The number of nitrogens with one attached hydrogen (secondary N) is 1. The highest BCUT2D eigenvalue weighted by molar-refractivity contribution is 14.0. The van der Waals surface area contributed by atoms with Crippen molar-refractivity contribution in [2.24, 2.45) is 18.0 Å². The molecule has 1 aromatic carbocycles. The first-order chi connectivity index (χ1) is 12.6. The molecule has 27 heavy (non-hydrogen) atoms. The number of likely N-dealkylation sites (tertiary alicyclic amines) is 1. The van der Waals surface area contributed by atoms with Crippen molar-refractivity contribution in [3.05, 3.63) is 52.3 Å². The van der Waals surface area contributed by atoms with Crippen molar-refractivity contribution in [3.8, 4) is 0 Å². The van der Waals surface area contributed by atoms with E-state index in [1.807, 2.05) is 25.0 Å². The van der Waals surface area contributed by atoms with Crippen molar-refractivity contribution >= 4 is 45.9 Å². The summed E-state index contributed by atoms with van der Waals surface area (Å²) < 4.78 is 3.03. The monoisotopic (exact) mass is 545 g/mol. The molecular formula is C20H29BrIN5. The third-order valence-electron chi connectivity index (χ3n) is 4.89. The van der Waals surface area contributed by atoms with Gasteiger partial charge in [-0.15, -0.1) is 24.0 Å². The Hall–Kier alpha value is -1.09. The second kappa shape index (κ2) is 11.0. The maximum absolute atomic E-state index is 4.48. The molecule has 0 spiro atoms. The highest BCUT2D eigenvalue weighted by Crippen LogP contribution is 2.20. The van der Waals surface area contributed by atoms with Gasteiger partial charge in [-0.1, -0.05) is 28.1 Å². The predicted molar refractivity (Wildman–Crippen MR) is 126 cm³/mol. The van der Waals surface area contributed by atoms with E-state index in [1.54, 1.807) is 0 Å². The summed E-state index contributed by atoms with van der Waals surface area (Å²) in [4.78, 5) is 6.87. The lowest BCUT2D eigenvalue weighted by molar-refractivity contribution is 0.459. The number of hydrogen-bond acceptors (Lipinski definition) is 2. The molecule has 0 radical (unpaired) electrons. The van der Waals surface area contributed by atoms with Crippen LogP contribution in [0.15, 0.2) is 46.1 Å². The van der Waals surface area contributed by atoms with E-state index < -0.39 is 0 Å². The second-order valence-corrected chi connectivity index (χ2v) is 7.95. The lowest BCUT2D eigenvalue weighted by Gasteiger charge is -2.21. The zero-order valence-electron chi connectivity index (χ0n) is 16.1. The van der Waals surface area contributed by atoms with Crippen LogP contribution in [0.5, 0.6) is 0 Å². The molecule has 1 saturated heterocycles. The van der Waals surface area contributed by atoms with Crippen LogP contribution in [0.4, 0.5) is 0 Å². The Morgan fingerprint density at radius 2 is 2.22 bits per heavy atom. The molecule has 0 saturated carbocycles. The Bertz CT molecular complexity index is 745. The van der Waals surface area contributed by atoms with E-state index in [2.05, 4.69) is 66.7 Å². The van der Waals surface area contributed by atoms with Gasteiger partial charge in [0.05, 0.1) is 6.20 Å². The van der Waals surface area contributed by atoms with Gasteiger partial charge < -0.3 is 10.2 Å². The van der Waals surface area contributed by atoms with Gasteiger partial charge >= 0.3 is 0 Å².